The van der Waals surface area contributed by atoms with Gasteiger partial charge in [0.15, 0.2) is 0 Å². The molecular weight excluding hydrogens is 220 g/mol. The van der Waals surface area contributed by atoms with Crippen molar-refractivity contribution in [2.75, 3.05) is 0 Å². The van der Waals surface area contributed by atoms with Crippen LogP contribution in [-0.4, -0.2) is 31.3 Å². The van der Waals surface area contributed by atoms with Crippen molar-refractivity contribution in [3.63, 3.8) is 0 Å². The summed E-state index contributed by atoms with van der Waals surface area (Å²) in [6.45, 7) is 3.82. The van der Waals surface area contributed by atoms with Gasteiger partial charge in [-0.25, -0.2) is 4.98 Å². The SMILES string of the molecule is CCc1cc(C(=O)NC(C)c2ncn[nH]2)n[nH]1. The van der Waals surface area contributed by atoms with Crippen LogP contribution >= 0.6 is 0 Å². The molecule has 1 unspecified atom stereocenters. The molecule has 2 aromatic heterocycles. The van der Waals surface area contributed by atoms with Crippen LogP contribution in [-0.2, 0) is 6.42 Å². The van der Waals surface area contributed by atoms with Crippen LogP contribution in [0.1, 0.15) is 41.9 Å². The lowest BCUT2D eigenvalue weighted by atomic mass is 10.2. The standard InChI is InChI=1S/C10H14N6O/c1-3-7-4-8(15-14-7)10(17)13-6(2)9-11-5-12-16-9/h4-6H,3H2,1-2H3,(H,13,17)(H,14,15)(H,11,12,16). The maximum absolute atomic E-state index is 11.8. The van der Waals surface area contributed by atoms with Gasteiger partial charge in [-0.2, -0.15) is 10.2 Å². The number of nitrogens with one attached hydrogen (secondary N) is 3. The van der Waals surface area contributed by atoms with E-state index in [0.717, 1.165) is 12.1 Å². The summed E-state index contributed by atoms with van der Waals surface area (Å²) in [5, 5.41) is 16.0. The van der Waals surface area contributed by atoms with Crippen molar-refractivity contribution in [3.05, 3.63) is 29.6 Å². The molecule has 7 nitrogen and oxygen atoms in total. The average Bonchev–Trinajstić information content (AvgIpc) is 3.00. The second-order valence-electron chi connectivity index (χ2n) is 3.70. The summed E-state index contributed by atoms with van der Waals surface area (Å²) >= 11 is 0. The lowest BCUT2D eigenvalue weighted by Crippen LogP contribution is -2.27. The molecule has 0 aliphatic rings. The molecule has 0 aliphatic heterocycles. The number of hydrogen-bond acceptors (Lipinski definition) is 4. The van der Waals surface area contributed by atoms with Gasteiger partial charge in [0.2, 0.25) is 0 Å². The number of aromatic nitrogens is 5. The van der Waals surface area contributed by atoms with Crippen molar-refractivity contribution in [1.29, 1.82) is 0 Å². The molecule has 0 aliphatic carbocycles. The topological polar surface area (TPSA) is 99.3 Å². The van der Waals surface area contributed by atoms with Crippen LogP contribution in [0, 0.1) is 0 Å². The molecule has 90 valence electrons. The van der Waals surface area contributed by atoms with E-state index < -0.39 is 0 Å². The third-order valence-corrected chi connectivity index (χ3v) is 2.44. The van der Waals surface area contributed by atoms with Gasteiger partial charge in [-0.05, 0) is 19.4 Å². The van der Waals surface area contributed by atoms with Crippen LogP contribution in [0.3, 0.4) is 0 Å². The van der Waals surface area contributed by atoms with E-state index in [4.69, 9.17) is 0 Å². The highest BCUT2D eigenvalue weighted by Crippen LogP contribution is 2.06. The first kappa shape index (κ1) is 11.3. The summed E-state index contributed by atoms with van der Waals surface area (Å²) < 4.78 is 0. The molecule has 0 spiro atoms. The number of nitrogens with zero attached hydrogens (tertiary/aromatic N) is 3. The van der Waals surface area contributed by atoms with E-state index in [1.54, 1.807) is 6.07 Å². The zero-order valence-electron chi connectivity index (χ0n) is 9.69. The molecule has 3 N–H and O–H groups in total. The number of aromatic amines is 2. The molecule has 2 heterocycles. The average molecular weight is 234 g/mol. The normalized spacial score (nSPS) is 12.4. The van der Waals surface area contributed by atoms with E-state index in [-0.39, 0.29) is 11.9 Å². The Hall–Kier alpha value is -2.18. The minimum Gasteiger partial charge on any atom is -0.341 e. The van der Waals surface area contributed by atoms with Gasteiger partial charge in [-0.15, -0.1) is 0 Å². The first-order chi connectivity index (χ1) is 8.20. The van der Waals surface area contributed by atoms with Gasteiger partial charge >= 0.3 is 0 Å². The lowest BCUT2D eigenvalue weighted by Gasteiger charge is -2.08. The fourth-order valence-corrected chi connectivity index (χ4v) is 1.42. The van der Waals surface area contributed by atoms with E-state index in [0.29, 0.717) is 11.5 Å². The van der Waals surface area contributed by atoms with Crippen molar-refractivity contribution in [2.24, 2.45) is 0 Å². The summed E-state index contributed by atoms with van der Waals surface area (Å²) in [5.41, 5.74) is 1.32. The van der Waals surface area contributed by atoms with Crippen LogP contribution < -0.4 is 5.32 Å². The highest BCUT2D eigenvalue weighted by atomic mass is 16.2. The van der Waals surface area contributed by atoms with Gasteiger partial charge in [0.1, 0.15) is 17.8 Å². The molecule has 2 aromatic rings. The molecule has 1 amide bonds. The number of amides is 1. The quantitative estimate of drug-likeness (QED) is 0.720. The third kappa shape index (κ3) is 2.49. The predicted octanol–water partition coefficient (Wildman–Crippen LogP) is 0.581. The Morgan fingerprint density at radius 3 is 2.94 bits per heavy atom. The molecule has 7 heteroatoms. The Kier molecular flexibility index (Phi) is 3.17. The summed E-state index contributed by atoms with van der Waals surface area (Å²) in [6.07, 6.45) is 2.22. The van der Waals surface area contributed by atoms with Crippen molar-refractivity contribution < 1.29 is 4.79 Å². The van der Waals surface area contributed by atoms with Crippen molar-refractivity contribution in [1.82, 2.24) is 30.7 Å². The molecule has 2 rings (SSSR count). The fraction of sp³-hybridized carbons (Fsp3) is 0.400. The first-order valence-corrected chi connectivity index (χ1v) is 5.41. The first-order valence-electron chi connectivity index (χ1n) is 5.41. The molecule has 0 aromatic carbocycles. The Morgan fingerprint density at radius 1 is 1.53 bits per heavy atom. The molecule has 17 heavy (non-hydrogen) atoms. The van der Waals surface area contributed by atoms with E-state index in [9.17, 15) is 4.79 Å². The molecule has 0 saturated heterocycles. The number of rotatable bonds is 4. The second-order valence-corrected chi connectivity index (χ2v) is 3.70. The Bertz CT molecular complexity index is 489. The van der Waals surface area contributed by atoms with Gasteiger partial charge in [0.25, 0.3) is 5.91 Å². The highest BCUT2D eigenvalue weighted by Gasteiger charge is 2.15. The number of carbonyl (C=O) groups excluding carboxylic acids is 1. The maximum Gasteiger partial charge on any atom is 0.272 e. The fourth-order valence-electron chi connectivity index (χ4n) is 1.42. The predicted molar refractivity (Wildman–Crippen MR) is 60.2 cm³/mol. The van der Waals surface area contributed by atoms with Crippen LogP contribution in [0.15, 0.2) is 12.4 Å². The summed E-state index contributed by atoms with van der Waals surface area (Å²) in [6, 6.07) is 1.51. The number of H-pyrrole nitrogens is 2. The van der Waals surface area contributed by atoms with Crippen molar-refractivity contribution >= 4 is 5.91 Å². The van der Waals surface area contributed by atoms with Gasteiger partial charge in [0, 0.05) is 5.69 Å². The molecule has 0 saturated carbocycles. The van der Waals surface area contributed by atoms with Gasteiger partial charge < -0.3 is 5.32 Å². The Balaban J connectivity index is 2.01. The van der Waals surface area contributed by atoms with E-state index >= 15 is 0 Å². The summed E-state index contributed by atoms with van der Waals surface area (Å²) in [4.78, 5) is 15.8. The van der Waals surface area contributed by atoms with Gasteiger partial charge in [-0.1, -0.05) is 6.92 Å². The largest absolute Gasteiger partial charge is 0.341 e. The minimum atomic E-state index is -0.232. The zero-order valence-corrected chi connectivity index (χ0v) is 9.69. The van der Waals surface area contributed by atoms with Crippen LogP contribution in [0.5, 0.6) is 0 Å². The van der Waals surface area contributed by atoms with E-state index in [1.165, 1.54) is 6.33 Å². The maximum atomic E-state index is 11.8. The third-order valence-electron chi connectivity index (χ3n) is 2.44. The molecular formula is C10H14N6O. The number of hydrogen-bond donors (Lipinski definition) is 3. The Morgan fingerprint density at radius 2 is 2.35 bits per heavy atom. The lowest BCUT2D eigenvalue weighted by molar-refractivity contribution is 0.0933. The smallest absolute Gasteiger partial charge is 0.272 e. The monoisotopic (exact) mass is 234 g/mol. The Labute approximate surface area is 98.0 Å². The number of carbonyl (C=O) groups is 1. The van der Waals surface area contributed by atoms with Crippen LogP contribution in [0.4, 0.5) is 0 Å². The number of aryl methyl sites for hydroxylation is 1. The molecule has 0 bridgehead atoms. The minimum absolute atomic E-state index is 0.230. The van der Waals surface area contributed by atoms with Crippen LogP contribution in [0.25, 0.3) is 0 Å². The second kappa shape index (κ2) is 4.77. The summed E-state index contributed by atoms with van der Waals surface area (Å²) in [5.74, 6) is 0.384. The molecule has 0 fully saturated rings. The van der Waals surface area contributed by atoms with Gasteiger partial charge in [-0.3, -0.25) is 15.0 Å². The molecule has 1 atom stereocenters. The van der Waals surface area contributed by atoms with Crippen molar-refractivity contribution in [2.45, 2.75) is 26.3 Å². The van der Waals surface area contributed by atoms with E-state index in [1.807, 2.05) is 13.8 Å². The van der Waals surface area contributed by atoms with E-state index in [2.05, 4.69) is 30.7 Å². The highest BCUT2D eigenvalue weighted by molar-refractivity contribution is 5.92. The zero-order chi connectivity index (χ0) is 12.3. The van der Waals surface area contributed by atoms with Crippen LogP contribution in [0.2, 0.25) is 0 Å². The summed E-state index contributed by atoms with van der Waals surface area (Å²) in [7, 11) is 0. The van der Waals surface area contributed by atoms with Crippen molar-refractivity contribution in [3.8, 4) is 0 Å². The van der Waals surface area contributed by atoms with Gasteiger partial charge in [0.05, 0.1) is 6.04 Å². The molecule has 0 radical (unpaired) electrons.